The molecule has 0 bridgehead atoms. The second-order valence-electron chi connectivity index (χ2n) is 4.14. The number of benzene rings is 1. The lowest BCUT2D eigenvalue weighted by Crippen LogP contribution is -2.18. The average molecular weight is 277 g/mol. The number of methoxy groups -OCH3 is 3. The Morgan fingerprint density at radius 2 is 1.70 bits per heavy atom. The van der Waals surface area contributed by atoms with Gasteiger partial charge < -0.3 is 18.8 Å². The molecule has 0 saturated carbocycles. The Bertz CT molecular complexity index is 732. The fourth-order valence-electron chi connectivity index (χ4n) is 2.17. The second-order valence-corrected chi connectivity index (χ2v) is 4.14. The summed E-state index contributed by atoms with van der Waals surface area (Å²) < 4.78 is 16.7. The van der Waals surface area contributed by atoms with E-state index in [2.05, 4.69) is 4.74 Å². The van der Waals surface area contributed by atoms with Crippen LogP contribution in [0.4, 0.5) is 0 Å². The van der Waals surface area contributed by atoms with Crippen molar-refractivity contribution in [1.82, 2.24) is 4.57 Å². The molecular weight excluding hydrogens is 262 g/mol. The van der Waals surface area contributed by atoms with Crippen molar-refractivity contribution in [3.8, 4) is 11.5 Å². The second kappa shape index (κ2) is 5.24. The number of hydrogen-bond donors (Lipinski definition) is 0. The Balaban J connectivity index is 2.98. The van der Waals surface area contributed by atoms with E-state index in [-0.39, 0.29) is 11.1 Å². The lowest BCUT2D eigenvalue weighted by molar-refractivity contribution is 0.0589. The van der Waals surface area contributed by atoms with Gasteiger partial charge in [-0.15, -0.1) is 0 Å². The molecule has 106 valence electrons. The Hall–Kier alpha value is -2.50. The molecule has 0 aliphatic rings. The van der Waals surface area contributed by atoms with Gasteiger partial charge in [0.15, 0.2) is 5.43 Å². The number of ether oxygens (including phenoxy) is 3. The van der Waals surface area contributed by atoms with Gasteiger partial charge in [-0.25, -0.2) is 4.79 Å². The van der Waals surface area contributed by atoms with E-state index in [1.54, 1.807) is 23.7 Å². The van der Waals surface area contributed by atoms with Crippen LogP contribution in [0.25, 0.3) is 10.9 Å². The highest BCUT2D eigenvalue weighted by molar-refractivity contribution is 5.96. The van der Waals surface area contributed by atoms with Gasteiger partial charge in [-0.05, 0) is 12.1 Å². The molecule has 0 radical (unpaired) electrons. The first-order valence-electron chi connectivity index (χ1n) is 5.88. The SMILES string of the molecule is COC(=O)c1cc(=O)c2c(OC)ccc(OC)c2n1C. The molecule has 0 saturated heterocycles. The predicted octanol–water partition coefficient (Wildman–Crippen LogP) is 1.34. The van der Waals surface area contributed by atoms with E-state index in [1.807, 2.05) is 0 Å². The predicted molar refractivity (Wildman–Crippen MR) is 73.6 cm³/mol. The van der Waals surface area contributed by atoms with Gasteiger partial charge in [0.05, 0.1) is 32.2 Å². The van der Waals surface area contributed by atoms with Crippen LogP contribution in [0.5, 0.6) is 11.5 Å². The van der Waals surface area contributed by atoms with E-state index in [4.69, 9.17) is 9.47 Å². The minimum absolute atomic E-state index is 0.150. The number of carbonyl (C=O) groups excluding carboxylic acids is 1. The number of nitrogens with zero attached hydrogens (tertiary/aromatic N) is 1. The number of hydrogen-bond acceptors (Lipinski definition) is 5. The molecule has 0 N–H and O–H groups in total. The van der Waals surface area contributed by atoms with E-state index in [0.717, 1.165) is 0 Å². The number of aromatic nitrogens is 1. The Kier molecular flexibility index (Phi) is 3.65. The summed E-state index contributed by atoms with van der Waals surface area (Å²) in [6.45, 7) is 0. The van der Waals surface area contributed by atoms with Crippen LogP contribution in [0.1, 0.15) is 10.5 Å². The zero-order chi connectivity index (χ0) is 14.9. The van der Waals surface area contributed by atoms with Crippen molar-refractivity contribution in [1.29, 1.82) is 0 Å². The summed E-state index contributed by atoms with van der Waals surface area (Å²) in [5.74, 6) is 0.320. The van der Waals surface area contributed by atoms with E-state index in [1.165, 1.54) is 27.4 Å². The van der Waals surface area contributed by atoms with Gasteiger partial charge in [0, 0.05) is 13.1 Å². The van der Waals surface area contributed by atoms with Crippen molar-refractivity contribution in [2.75, 3.05) is 21.3 Å². The van der Waals surface area contributed by atoms with E-state index < -0.39 is 5.97 Å². The van der Waals surface area contributed by atoms with E-state index >= 15 is 0 Å². The van der Waals surface area contributed by atoms with Crippen LogP contribution in [-0.4, -0.2) is 31.9 Å². The molecule has 2 aromatic rings. The third-order valence-corrected chi connectivity index (χ3v) is 3.15. The number of rotatable bonds is 3. The topological polar surface area (TPSA) is 66.8 Å². The normalized spacial score (nSPS) is 10.4. The van der Waals surface area contributed by atoms with Crippen molar-refractivity contribution < 1.29 is 19.0 Å². The van der Waals surface area contributed by atoms with Crippen LogP contribution < -0.4 is 14.9 Å². The van der Waals surface area contributed by atoms with E-state index in [0.29, 0.717) is 22.4 Å². The maximum Gasteiger partial charge on any atom is 0.354 e. The summed E-state index contributed by atoms with van der Waals surface area (Å²) in [5, 5.41) is 0.363. The molecule has 1 aromatic heterocycles. The van der Waals surface area contributed by atoms with Gasteiger partial charge in [-0.2, -0.15) is 0 Å². The quantitative estimate of drug-likeness (QED) is 0.792. The fraction of sp³-hybridized carbons (Fsp3) is 0.286. The minimum atomic E-state index is -0.587. The smallest absolute Gasteiger partial charge is 0.354 e. The lowest BCUT2D eigenvalue weighted by atomic mass is 10.1. The molecule has 0 amide bonds. The highest BCUT2D eigenvalue weighted by Gasteiger charge is 2.19. The molecule has 1 heterocycles. The maximum absolute atomic E-state index is 12.3. The molecule has 0 fully saturated rings. The highest BCUT2D eigenvalue weighted by Crippen LogP contribution is 2.31. The van der Waals surface area contributed by atoms with Crippen molar-refractivity contribution in [3.05, 3.63) is 34.1 Å². The number of aryl methyl sites for hydroxylation is 1. The molecule has 6 nitrogen and oxygen atoms in total. The Morgan fingerprint density at radius 3 is 2.25 bits per heavy atom. The molecule has 1 aromatic carbocycles. The summed E-state index contributed by atoms with van der Waals surface area (Å²) >= 11 is 0. The summed E-state index contributed by atoms with van der Waals surface area (Å²) in [7, 11) is 5.90. The molecular formula is C14H15NO5. The molecule has 0 aliphatic heterocycles. The zero-order valence-corrected chi connectivity index (χ0v) is 11.7. The Morgan fingerprint density at radius 1 is 1.10 bits per heavy atom. The van der Waals surface area contributed by atoms with Gasteiger partial charge in [0.1, 0.15) is 17.2 Å². The number of esters is 1. The summed E-state index contributed by atoms with van der Waals surface area (Å²) in [5.41, 5.74) is 0.311. The van der Waals surface area contributed by atoms with Crippen molar-refractivity contribution >= 4 is 16.9 Å². The average Bonchev–Trinajstić information content (AvgIpc) is 2.48. The van der Waals surface area contributed by atoms with Crippen molar-refractivity contribution in [2.24, 2.45) is 7.05 Å². The molecule has 0 spiro atoms. The molecule has 6 heteroatoms. The fourth-order valence-corrected chi connectivity index (χ4v) is 2.17. The first-order valence-corrected chi connectivity index (χ1v) is 5.88. The first kappa shape index (κ1) is 13.9. The first-order chi connectivity index (χ1) is 9.54. The summed E-state index contributed by atoms with van der Waals surface area (Å²) in [4.78, 5) is 24.0. The zero-order valence-electron chi connectivity index (χ0n) is 11.7. The third-order valence-electron chi connectivity index (χ3n) is 3.15. The monoisotopic (exact) mass is 277 g/mol. The van der Waals surface area contributed by atoms with Crippen molar-refractivity contribution in [2.45, 2.75) is 0 Å². The number of pyridine rings is 1. The van der Waals surface area contributed by atoms with Gasteiger partial charge in [-0.1, -0.05) is 0 Å². The maximum atomic E-state index is 12.3. The molecule has 0 atom stereocenters. The van der Waals surface area contributed by atoms with Crippen LogP contribution in [0, 0.1) is 0 Å². The lowest BCUT2D eigenvalue weighted by Gasteiger charge is -2.15. The van der Waals surface area contributed by atoms with Crippen LogP contribution in [0.3, 0.4) is 0 Å². The Labute approximate surface area is 115 Å². The number of carbonyl (C=O) groups is 1. The van der Waals surface area contributed by atoms with Crippen molar-refractivity contribution in [3.63, 3.8) is 0 Å². The van der Waals surface area contributed by atoms with Crippen LogP contribution in [0.2, 0.25) is 0 Å². The highest BCUT2D eigenvalue weighted by atomic mass is 16.5. The minimum Gasteiger partial charge on any atom is -0.496 e. The molecule has 2 rings (SSSR count). The molecule has 0 aliphatic carbocycles. The standard InChI is InChI=1S/C14H15NO5/c1-15-8(14(17)20-4)7-9(16)12-10(18-2)5-6-11(19-3)13(12)15/h5-7H,1-4H3. The third kappa shape index (κ3) is 1.99. The van der Waals surface area contributed by atoms with Gasteiger partial charge in [0.25, 0.3) is 0 Å². The summed E-state index contributed by atoms with van der Waals surface area (Å²) in [6, 6.07) is 4.57. The summed E-state index contributed by atoms with van der Waals surface area (Å²) in [6.07, 6.45) is 0. The van der Waals surface area contributed by atoms with Crippen LogP contribution >= 0.6 is 0 Å². The van der Waals surface area contributed by atoms with Gasteiger partial charge in [0.2, 0.25) is 0 Å². The van der Waals surface area contributed by atoms with E-state index in [9.17, 15) is 9.59 Å². The van der Waals surface area contributed by atoms with Crippen LogP contribution in [-0.2, 0) is 11.8 Å². The van der Waals surface area contributed by atoms with Gasteiger partial charge >= 0.3 is 5.97 Å². The van der Waals surface area contributed by atoms with Crippen LogP contribution in [0.15, 0.2) is 23.0 Å². The molecule has 0 unspecified atom stereocenters. The molecule has 20 heavy (non-hydrogen) atoms. The van der Waals surface area contributed by atoms with Gasteiger partial charge in [-0.3, -0.25) is 4.79 Å². The number of fused-ring (bicyclic) bond motifs is 1. The largest absolute Gasteiger partial charge is 0.496 e.